The first-order valence-corrected chi connectivity index (χ1v) is 9.48. The SMILES string of the molecule is Cc1ccccc1-n1nc(C(=O)O)c(/C=C\c2ccc(C(C)C)cc2)c(C#N)c1=O. The van der Waals surface area contributed by atoms with Gasteiger partial charge in [0.05, 0.1) is 5.69 Å². The average molecular weight is 399 g/mol. The summed E-state index contributed by atoms with van der Waals surface area (Å²) in [6, 6.07) is 16.6. The van der Waals surface area contributed by atoms with E-state index in [4.69, 9.17) is 0 Å². The van der Waals surface area contributed by atoms with E-state index >= 15 is 0 Å². The molecule has 0 saturated carbocycles. The van der Waals surface area contributed by atoms with Gasteiger partial charge in [0.15, 0.2) is 5.69 Å². The summed E-state index contributed by atoms with van der Waals surface area (Å²) < 4.78 is 0.978. The van der Waals surface area contributed by atoms with Crippen LogP contribution in [0.3, 0.4) is 0 Å². The predicted octanol–water partition coefficient (Wildman–Crippen LogP) is 4.40. The number of carbonyl (C=O) groups is 1. The lowest BCUT2D eigenvalue weighted by atomic mass is 10.0. The Bertz CT molecular complexity index is 1230. The molecule has 0 radical (unpaired) electrons. The van der Waals surface area contributed by atoms with Crippen molar-refractivity contribution in [3.63, 3.8) is 0 Å². The molecule has 2 aromatic carbocycles. The van der Waals surface area contributed by atoms with E-state index in [0.717, 1.165) is 15.8 Å². The Balaban J connectivity index is 2.16. The molecule has 0 aliphatic rings. The highest BCUT2D eigenvalue weighted by atomic mass is 16.4. The maximum absolute atomic E-state index is 12.9. The number of hydrogen-bond acceptors (Lipinski definition) is 4. The number of aromatic nitrogens is 2. The Labute approximate surface area is 174 Å². The van der Waals surface area contributed by atoms with Gasteiger partial charge >= 0.3 is 5.97 Å². The van der Waals surface area contributed by atoms with Crippen LogP contribution in [-0.2, 0) is 0 Å². The number of nitriles is 1. The van der Waals surface area contributed by atoms with E-state index in [0.29, 0.717) is 11.6 Å². The summed E-state index contributed by atoms with van der Waals surface area (Å²) in [6.07, 6.45) is 3.13. The third-order valence-electron chi connectivity index (χ3n) is 4.83. The van der Waals surface area contributed by atoms with Gasteiger partial charge in [-0.2, -0.15) is 15.0 Å². The minimum absolute atomic E-state index is 0.00669. The molecule has 1 aromatic heterocycles. The van der Waals surface area contributed by atoms with E-state index in [2.05, 4.69) is 18.9 Å². The lowest BCUT2D eigenvalue weighted by Crippen LogP contribution is -2.28. The summed E-state index contributed by atoms with van der Waals surface area (Å²) in [4.78, 5) is 24.8. The van der Waals surface area contributed by atoms with Crippen LogP contribution < -0.4 is 5.56 Å². The first-order valence-electron chi connectivity index (χ1n) is 9.48. The van der Waals surface area contributed by atoms with E-state index in [-0.39, 0.29) is 16.8 Å². The molecule has 0 spiro atoms. The van der Waals surface area contributed by atoms with E-state index in [1.807, 2.05) is 30.3 Å². The molecule has 0 atom stereocenters. The fourth-order valence-electron chi connectivity index (χ4n) is 3.10. The first-order chi connectivity index (χ1) is 14.3. The molecule has 6 nitrogen and oxygen atoms in total. The topological polar surface area (TPSA) is 96.0 Å². The number of carboxylic acids is 1. The molecule has 150 valence electrons. The van der Waals surface area contributed by atoms with Gasteiger partial charge in [-0.15, -0.1) is 0 Å². The largest absolute Gasteiger partial charge is 0.476 e. The zero-order chi connectivity index (χ0) is 21.8. The van der Waals surface area contributed by atoms with E-state index in [1.54, 1.807) is 37.3 Å². The fraction of sp³-hybridized carbons (Fsp3) is 0.167. The molecule has 0 unspecified atom stereocenters. The molecule has 0 bridgehead atoms. The van der Waals surface area contributed by atoms with Crippen molar-refractivity contribution in [2.45, 2.75) is 26.7 Å². The van der Waals surface area contributed by atoms with Gasteiger partial charge in [0.1, 0.15) is 11.6 Å². The highest BCUT2D eigenvalue weighted by molar-refractivity contribution is 5.92. The Morgan fingerprint density at radius 1 is 1.13 bits per heavy atom. The summed E-state index contributed by atoms with van der Waals surface area (Å²) in [7, 11) is 0. The number of hydrogen-bond donors (Lipinski definition) is 1. The minimum atomic E-state index is -1.32. The van der Waals surface area contributed by atoms with Crippen LogP contribution in [0.25, 0.3) is 17.8 Å². The van der Waals surface area contributed by atoms with Crippen LogP contribution in [0, 0.1) is 18.3 Å². The van der Waals surface area contributed by atoms with Crippen LogP contribution in [-0.4, -0.2) is 20.9 Å². The number of para-hydroxylation sites is 1. The van der Waals surface area contributed by atoms with Crippen molar-refractivity contribution < 1.29 is 9.90 Å². The van der Waals surface area contributed by atoms with Crippen molar-refractivity contribution in [3.8, 4) is 11.8 Å². The summed E-state index contributed by atoms with van der Waals surface area (Å²) in [5, 5.41) is 23.4. The molecule has 1 N–H and O–H groups in total. The summed E-state index contributed by atoms with van der Waals surface area (Å²) >= 11 is 0. The number of benzene rings is 2. The molecule has 0 fully saturated rings. The van der Waals surface area contributed by atoms with Crippen molar-refractivity contribution in [1.82, 2.24) is 9.78 Å². The van der Waals surface area contributed by atoms with Crippen LogP contribution in [0.4, 0.5) is 0 Å². The standard InChI is InChI=1S/C24H21N3O3/c1-15(2)18-11-8-17(9-12-18)10-13-19-20(14-25)23(28)27(26-22(19)24(29)30)21-7-5-4-6-16(21)3/h4-13,15H,1-3H3,(H,29,30)/b13-10-. The Kier molecular flexibility index (Phi) is 5.93. The number of carboxylic acid groups (broad SMARTS) is 1. The molecule has 1 heterocycles. The Hall–Kier alpha value is -3.98. The number of aryl methyl sites for hydroxylation is 1. The molecule has 0 aliphatic heterocycles. The normalized spacial score (nSPS) is 11.0. The maximum atomic E-state index is 12.9. The van der Waals surface area contributed by atoms with Gasteiger partial charge in [-0.3, -0.25) is 4.79 Å². The average Bonchev–Trinajstić information content (AvgIpc) is 2.73. The molecule has 0 saturated heterocycles. The first kappa shape index (κ1) is 20.7. The van der Waals surface area contributed by atoms with Gasteiger partial charge in [0.25, 0.3) is 5.56 Å². The third kappa shape index (κ3) is 4.06. The molecule has 3 rings (SSSR count). The van der Waals surface area contributed by atoms with Crippen LogP contribution in [0.2, 0.25) is 0 Å². The molecule has 3 aromatic rings. The van der Waals surface area contributed by atoms with Crippen molar-refractivity contribution >= 4 is 18.1 Å². The smallest absolute Gasteiger partial charge is 0.357 e. The van der Waals surface area contributed by atoms with Crippen LogP contribution in [0.5, 0.6) is 0 Å². The van der Waals surface area contributed by atoms with Crippen LogP contribution in [0.15, 0.2) is 53.3 Å². The van der Waals surface area contributed by atoms with E-state index in [9.17, 15) is 20.0 Å². The number of nitrogens with zero attached hydrogens (tertiary/aromatic N) is 3. The summed E-state index contributed by atoms with van der Waals surface area (Å²) in [5.41, 5.74) is 1.88. The van der Waals surface area contributed by atoms with Crippen LogP contribution in [0.1, 0.15) is 58.1 Å². The molecule has 0 aliphatic carbocycles. The summed E-state index contributed by atoms with van der Waals surface area (Å²) in [6.45, 7) is 5.97. The molecule has 30 heavy (non-hydrogen) atoms. The van der Waals surface area contributed by atoms with Gasteiger partial charge in [-0.25, -0.2) is 4.79 Å². The third-order valence-corrected chi connectivity index (χ3v) is 4.83. The lowest BCUT2D eigenvalue weighted by Gasteiger charge is -2.11. The van der Waals surface area contributed by atoms with Crippen molar-refractivity contribution in [3.05, 3.63) is 92.4 Å². The summed E-state index contributed by atoms with van der Waals surface area (Å²) in [5.74, 6) is -0.922. The second-order valence-electron chi connectivity index (χ2n) is 7.21. The lowest BCUT2D eigenvalue weighted by molar-refractivity contribution is 0.0688. The monoisotopic (exact) mass is 399 g/mol. The van der Waals surface area contributed by atoms with E-state index in [1.165, 1.54) is 11.6 Å². The van der Waals surface area contributed by atoms with Crippen LogP contribution >= 0.6 is 0 Å². The highest BCUT2D eigenvalue weighted by Gasteiger charge is 2.21. The Morgan fingerprint density at radius 2 is 1.80 bits per heavy atom. The second-order valence-corrected chi connectivity index (χ2v) is 7.21. The van der Waals surface area contributed by atoms with Gasteiger partial charge < -0.3 is 5.11 Å². The molecular formula is C24H21N3O3. The van der Waals surface area contributed by atoms with Crippen molar-refractivity contribution in [2.24, 2.45) is 0 Å². The second kappa shape index (κ2) is 8.58. The molecular weight excluding hydrogens is 378 g/mol. The number of rotatable bonds is 5. The maximum Gasteiger partial charge on any atom is 0.357 e. The number of aromatic carboxylic acids is 1. The van der Waals surface area contributed by atoms with Crippen molar-refractivity contribution in [1.29, 1.82) is 5.26 Å². The molecule has 0 amide bonds. The van der Waals surface area contributed by atoms with Gasteiger partial charge in [-0.1, -0.05) is 68.5 Å². The fourth-order valence-corrected chi connectivity index (χ4v) is 3.10. The minimum Gasteiger partial charge on any atom is -0.476 e. The quantitative estimate of drug-likeness (QED) is 0.686. The zero-order valence-electron chi connectivity index (χ0n) is 17.0. The predicted molar refractivity (Wildman–Crippen MR) is 116 cm³/mol. The van der Waals surface area contributed by atoms with Gasteiger partial charge in [0.2, 0.25) is 0 Å². The Morgan fingerprint density at radius 3 is 2.37 bits per heavy atom. The van der Waals surface area contributed by atoms with Crippen molar-refractivity contribution in [2.75, 3.05) is 0 Å². The van der Waals surface area contributed by atoms with E-state index < -0.39 is 11.5 Å². The highest BCUT2D eigenvalue weighted by Crippen LogP contribution is 2.19. The molecule has 6 heteroatoms. The van der Waals surface area contributed by atoms with Gasteiger partial charge in [0, 0.05) is 5.56 Å². The van der Waals surface area contributed by atoms with Gasteiger partial charge in [-0.05, 0) is 35.6 Å². The zero-order valence-corrected chi connectivity index (χ0v) is 17.0.